The van der Waals surface area contributed by atoms with Crippen LogP contribution in [0.4, 0.5) is 0 Å². The normalized spacial score (nSPS) is 10.7. The Hall–Kier alpha value is -1.82. The lowest BCUT2D eigenvalue weighted by Crippen LogP contribution is -2.01. The van der Waals surface area contributed by atoms with E-state index in [9.17, 15) is 4.79 Å². The smallest absolute Gasteiger partial charge is 0.340 e. The largest absolute Gasteiger partial charge is 0.466 e. The molecular weight excluding hydrogens is 302 g/mol. The monoisotopic (exact) mass is 311 g/mol. The molecule has 0 aromatic heterocycles. The molecule has 6 nitrogen and oxygen atoms in total. The number of azide groups is 1. The number of carbonyl (C=O) groups excluding carboxylic acids is 1. The van der Waals surface area contributed by atoms with Gasteiger partial charge in [0, 0.05) is 9.38 Å². The van der Waals surface area contributed by atoms with Crippen molar-refractivity contribution in [3.05, 3.63) is 49.9 Å². The number of halogens is 1. The van der Waals surface area contributed by atoms with Crippen LogP contribution in [-0.2, 0) is 16.1 Å². The summed E-state index contributed by atoms with van der Waals surface area (Å²) in [5.74, 6) is -0.713. The number of carbonyl (C=O) groups is 1. The van der Waals surface area contributed by atoms with Crippen LogP contribution in [0.3, 0.4) is 0 Å². The highest BCUT2D eigenvalue weighted by Crippen LogP contribution is 2.20. The fourth-order valence-electron chi connectivity index (χ4n) is 1.22. The minimum Gasteiger partial charge on any atom is -0.466 e. The van der Waals surface area contributed by atoms with E-state index in [0.29, 0.717) is 10.0 Å². The van der Waals surface area contributed by atoms with E-state index in [4.69, 9.17) is 10.6 Å². The van der Waals surface area contributed by atoms with E-state index in [-0.39, 0.29) is 12.3 Å². The summed E-state index contributed by atoms with van der Waals surface area (Å²) >= 11 is 3.28. The molecule has 1 aromatic carbocycles. The Kier molecular flexibility index (Phi) is 5.38. The Labute approximate surface area is 112 Å². The second-order valence-corrected chi connectivity index (χ2v) is 4.07. The molecule has 94 valence electrons. The lowest BCUT2D eigenvalue weighted by Gasteiger charge is -2.03. The first kappa shape index (κ1) is 14.2. The summed E-state index contributed by atoms with van der Waals surface area (Å²) < 4.78 is 5.19. The van der Waals surface area contributed by atoms with Gasteiger partial charge in [-0.1, -0.05) is 33.2 Å². The van der Waals surface area contributed by atoms with Crippen LogP contribution < -0.4 is 0 Å². The molecule has 0 saturated carbocycles. The summed E-state index contributed by atoms with van der Waals surface area (Å²) in [6.45, 7) is -0.0925. The molecule has 7 heteroatoms. The van der Waals surface area contributed by atoms with E-state index in [1.54, 1.807) is 18.2 Å². The van der Waals surface area contributed by atoms with Gasteiger partial charge in [-0.2, -0.15) is 0 Å². The lowest BCUT2D eigenvalue weighted by atomic mass is 10.1. The molecule has 0 unspecified atom stereocenters. The third-order valence-corrected chi connectivity index (χ3v) is 2.84. The van der Waals surface area contributed by atoms with Crippen molar-refractivity contribution in [3.8, 4) is 0 Å². The van der Waals surface area contributed by atoms with Crippen LogP contribution in [0.5, 0.6) is 0 Å². The number of benzene rings is 1. The lowest BCUT2D eigenvalue weighted by molar-refractivity contribution is -0.136. The van der Waals surface area contributed by atoms with E-state index < -0.39 is 5.97 Å². The molecular formula is C11H10BrN3O3. The first-order valence-electron chi connectivity index (χ1n) is 4.86. The van der Waals surface area contributed by atoms with E-state index >= 15 is 0 Å². The van der Waals surface area contributed by atoms with Gasteiger partial charge >= 0.3 is 5.97 Å². The van der Waals surface area contributed by atoms with Gasteiger partial charge in [0.2, 0.25) is 0 Å². The summed E-state index contributed by atoms with van der Waals surface area (Å²) in [5.41, 5.74) is 9.59. The number of nitrogens with zero attached hydrogens (tertiary/aromatic N) is 3. The molecule has 0 saturated heterocycles. The maximum atomic E-state index is 11.3. The van der Waals surface area contributed by atoms with Gasteiger partial charge in [-0.05, 0) is 28.8 Å². The van der Waals surface area contributed by atoms with Crippen molar-refractivity contribution in [1.82, 2.24) is 0 Å². The van der Waals surface area contributed by atoms with Crippen LogP contribution in [0.1, 0.15) is 11.1 Å². The molecule has 0 heterocycles. The van der Waals surface area contributed by atoms with Gasteiger partial charge in [0.15, 0.2) is 0 Å². The SMILES string of the molecule is COC(=O)/C(=C/c1ccc(CO)c(Br)c1)N=[N+]=[N-]. The molecule has 0 aliphatic rings. The number of hydrogen-bond donors (Lipinski definition) is 1. The number of aliphatic hydroxyl groups excluding tert-OH is 1. The van der Waals surface area contributed by atoms with Crippen LogP contribution in [0.25, 0.3) is 16.5 Å². The average molecular weight is 312 g/mol. The van der Waals surface area contributed by atoms with Crippen molar-refractivity contribution in [3.63, 3.8) is 0 Å². The zero-order chi connectivity index (χ0) is 13.5. The fraction of sp³-hybridized carbons (Fsp3) is 0.182. The molecule has 1 N–H and O–H groups in total. The molecule has 1 rings (SSSR count). The zero-order valence-corrected chi connectivity index (χ0v) is 11.1. The van der Waals surface area contributed by atoms with E-state index in [0.717, 1.165) is 5.56 Å². The molecule has 0 spiro atoms. The minimum atomic E-state index is -0.713. The highest BCUT2D eigenvalue weighted by atomic mass is 79.9. The van der Waals surface area contributed by atoms with Gasteiger partial charge in [-0.15, -0.1) is 0 Å². The Bertz CT molecular complexity index is 536. The van der Waals surface area contributed by atoms with Crippen molar-refractivity contribution in [2.24, 2.45) is 5.11 Å². The molecule has 0 radical (unpaired) electrons. The number of methoxy groups -OCH3 is 1. The second kappa shape index (κ2) is 6.80. The van der Waals surface area contributed by atoms with Gasteiger partial charge in [0.25, 0.3) is 0 Å². The first-order chi connectivity index (χ1) is 8.62. The summed E-state index contributed by atoms with van der Waals surface area (Å²) in [7, 11) is 1.20. The van der Waals surface area contributed by atoms with E-state index in [2.05, 4.69) is 30.7 Å². The van der Waals surface area contributed by atoms with Crippen LogP contribution in [0.2, 0.25) is 0 Å². The van der Waals surface area contributed by atoms with Crippen molar-refractivity contribution >= 4 is 28.0 Å². The quantitative estimate of drug-likeness (QED) is 0.304. The summed E-state index contributed by atoms with van der Waals surface area (Å²) in [6, 6.07) is 5.08. The number of hydrogen-bond acceptors (Lipinski definition) is 4. The minimum absolute atomic E-state index is 0.0925. The van der Waals surface area contributed by atoms with Crippen LogP contribution in [-0.4, -0.2) is 18.2 Å². The summed E-state index contributed by atoms with van der Waals surface area (Å²) in [4.78, 5) is 13.9. The standard InChI is InChI=1S/C11H10BrN3O3/c1-18-11(17)10(14-15-13)5-7-2-3-8(6-16)9(12)4-7/h2-5,16H,6H2,1H3/b10-5-. The van der Waals surface area contributed by atoms with Crippen molar-refractivity contribution in [1.29, 1.82) is 0 Å². The van der Waals surface area contributed by atoms with Gasteiger partial charge < -0.3 is 9.84 Å². The Balaban J connectivity index is 3.16. The average Bonchev–Trinajstić information content (AvgIpc) is 2.37. The summed E-state index contributed by atoms with van der Waals surface area (Å²) in [6.07, 6.45) is 1.40. The predicted molar refractivity (Wildman–Crippen MR) is 69.2 cm³/mol. The molecule has 0 aliphatic heterocycles. The molecule has 1 aromatic rings. The Morgan fingerprint density at radius 3 is 2.89 bits per heavy atom. The van der Waals surface area contributed by atoms with Gasteiger partial charge in [0.1, 0.15) is 5.70 Å². The topological polar surface area (TPSA) is 95.3 Å². The molecule has 0 aliphatic carbocycles. The Morgan fingerprint density at radius 1 is 1.67 bits per heavy atom. The van der Waals surface area contributed by atoms with Crippen molar-refractivity contribution in [2.45, 2.75) is 6.61 Å². The molecule has 0 bridgehead atoms. The highest BCUT2D eigenvalue weighted by molar-refractivity contribution is 9.10. The summed E-state index contributed by atoms with van der Waals surface area (Å²) in [5, 5.41) is 12.3. The molecule has 0 fully saturated rings. The van der Waals surface area contributed by atoms with Crippen LogP contribution in [0, 0.1) is 0 Å². The van der Waals surface area contributed by atoms with Crippen LogP contribution in [0.15, 0.2) is 33.5 Å². The third-order valence-electron chi connectivity index (χ3n) is 2.10. The second-order valence-electron chi connectivity index (χ2n) is 3.22. The van der Waals surface area contributed by atoms with Crippen LogP contribution >= 0.6 is 15.9 Å². The maximum Gasteiger partial charge on any atom is 0.340 e. The number of ether oxygens (including phenoxy) is 1. The van der Waals surface area contributed by atoms with Crippen molar-refractivity contribution < 1.29 is 14.6 Å². The number of aliphatic hydroxyl groups is 1. The maximum absolute atomic E-state index is 11.3. The molecule has 18 heavy (non-hydrogen) atoms. The zero-order valence-electron chi connectivity index (χ0n) is 9.50. The predicted octanol–water partition coefficient (Wildman–Crippen LogP) is 2.77. The highest BCUT2D eigenvalue weighted by Gasteiger charge is 2.08. The van der Waals surface area contributed by atoms with E-state index in [1.807, 2.05) is 0 Å². The fourth-order valence-corrected chi connectivity index (χ4v) is 1.74. The third kappa shape index (κ3) is 3.59. The molecule has 0 amide bonds. The van der Waals surface area contributed by atoms with E-state index in [1.165, 1.54) is 13.2 Å². The van der Waals surface area contributed by atoms with Gasteiger partial charge in [-0.3, -0.25) is 0 Å². The first-order valence-corrected chi connectivity index (χ1v) is 5.66. The number of rotatable bonds is 4. The Morgan fingerprint density at radius 2 is 2.39 bits per heavy atom. The van der Waals surface area contributed by atoms with Crippen molar-refractivity contribution in [2.75, 3.05) is 7.11 Å². The van der Waals surface area contributed by atoms with Gasteiger partial charge in [0.05, 0.1) is 13.7 Å². The van der Waals surface area contributed by atoms with Gasteiger partial charge in [-0.25, -0.2) is 4.79 Å². The molecule has 0 atom stereocenters. The number of esters is 1.